The Kier molecular flexibility index (Phi) is 4.12. The van der Waals surface area contributed by atoms with Gasteiger partial charge in [0.25, 0.3) is 0 Å². The Bertz CT molecular complexity index is 1140. The van der Waals surface area contributed by atoms with E-state index < -0.39 is 5.63 Å². The summed E-state index contributed by atoms with van der Waals surface area (Å²) < 4.78 is 5.46. The molecule has 0 unspecified atom stereocenters. The zero-order valence-corrected chi connectivity index (χ0v) is 13.9. The molecule has 0 spiro atoms. The first-order valence-corrected chi connectivity index (χ1v) is 8.31. The summed E-state index contributed by atoms with van der Waals surface area (Å²) in [6.07, 6.45) is 1.88. The van der Waals surface area contributed by atoms with Crippen molar-refractivity contribution >= 4 is 22.6 Å². The summed E-state index contributed by atoms with van der Waals surface area (Å²) in [5.41, 5.74) is 2.35. The molecule has 0 aliphatic carbocycles. The van der Waals surface area contributed by atoms with E-state index in [1.54, 1.807) is 24.3 Å². The Balaban J connectivity index is 2.03. The van der Waals surface area contributed by atoms with Gasteiger partial charge in [-0.05, 0) is 29.3 Å². The summed E-state index contributed by atoms with van der Waals surface area (Å²) in [7, 11) is 0. The van der Waals surface area contributed by atoms with Gasteiger partial charge in [-0.3, -0.25) is 0 Å². The van der Waals surface area contributed by atoms with Crippen LogP contribution in [-0.4, -0.2) is 5.11 Å². The smallest absolute Gasteiger partial charge is 0.348 e. The van der Waals surface area contributed by atoms with Crippen molar-refractivity contribution in [1.29, 1.82) is 0 Å². The van der Waals surface area contributed by atoms with E-state index in [2.05, 4.69) is 0 Å². The molecule has 126 valence electrons. The molecule has 0 bridgehead atoms. The molecule has 0 amide bonds. The fourth-order valence-electron chi connectivity index (χ4n) is 3.00. The zero-order chi connectivity index (χ0) is 17.9. The maximum atomic E-state index is 12.7. The van der Waals surface area contributed by atoms with Gasteiger partial charge in [-0.25, -0.2) is 4.79 Å². The molecule has 0 aliphatic rings. The molecule has 0 atom stereocenters. The van der Waals surface area contributed by atoms with Crippen LogP contribution < -0.4 is 5.63 Å². The lowest BCUT2D eigenvalue weighted by Gasteiger charge is -2.11. The Morgan fingerprint density at radius 3 is 2.15 bits per heavy atom. The topological polar surface area (TPSA) is 50.4 Å². The molecule has 0 fully saturated rings. The standard InChI is InChI=1S/C23H16O3/c24-22-18-13-7-8-14-20(18)26-23(25)21(22)19(17-11-5-2-6-12-17)15-16-9-3-1-4-10-16/h1-15,24H/b19-15-. The number of hydrogen-bond donors (Lipinski definition) is 1. The average Bonchev–Trinajstić information content (AvgIpc) is 2.69. The van der Waals surface area contributed by atoms with Gasteiger partial charge in [0.2, 0.25) is 0 Å². The first-order chi connectivity index (χ1) is 12.7. The normalized spacial score (nSPS) is 11.6. The molecule has 1 N–H and O–H groups in total. The Morgan fingerprint density at radius 2 is 1.42 bits per heavy atom. The van der Waals surface area contributed by atoms with Crippen molar-refractivity contribution in [2.45, 2.75) is 0 Å². The van der Waals surface area contributed by atoms with Crippen molar-refractivity contribution in [2.24, 2.45) is 0 Å². The first kappa shape index (κ1) is 15.9. The van der Waals surface area contributed by atoms with Crippen LogP contribution in [0, 0.1) is 0 Å². The van der Waals surface area contributed by atoms with E-state index in [-0.39, 0.29) is 11.3 Å². The van der Waals surface area contributed by atoms with Gasteiger partial charge in [0, 0.05) is 5.57 Å². The molecule has 1 heterocycles. The van der Waals surface area contributed by atoms with E-state index in [1.165, 1.54) is 0 Å². The van der Waals surface area contributed by atoms with E-state index in [0.29, 0.717) is 16.5 Å². The van der Waals surface area contributed by atoms with Gasteiger partial charge in [-0.2, -0.15) is 0 Å². The quantitative estimate of drug-likeness (QED) is 0.417. The number of benzene rings is 3. The highest BCUT2D eigenvalue weighted by atomic mass is 16.4. The molecule has 3 heteroatoms. The minimum atomic E-state index is -0.563. The van der Waals surface area contributed by atoms with Crippen molar-refractivity contribution in [3.8, 4) is 5.75 Å². The molecule has 1 aromatic heterocycles. The van der Waals surface area contributed by atoms with Gasteiger partial charge in [0.05, 0.1) is 5.39 Å². The van der Waals surface area contributed by atoms with E-state index >= 15 is 0 Å². The average molecular weight is 340 g/mol. The third kappa shape index (κ3) is 2.91. The summed E-state index contributed by atoms with van der Waals surface area (Å²) in [5, 5.41) is 11.4. The number of para-hydroxylation sites is 1. The third-order valence-corrected chi connectivity index (χ3v) is 4.25. The highest BCUT2D eigenvalue weighted by Crippen LogP contribution is 2.34. The van der Waals surface area contributed by atoms with Crippen LogP contribution >= 0.6 is 0 Å². The van der Waals surface area contributed by atoms with Gasteiger partial charge in [0.1, 0.15) is 16.9 Å². The number of rotatable bonds is 3. The molecule has 26 heavy (non-hydrogen) atoms. The minimum Gasteiger partial charge on any atom is -0.506 e. The van der Waals surface area contributed by atoms with Crippen LogP contribution in [0.4, 0.5) is 0 Å². The van der Waals surface area contributed by atoms with Gasteiger partial charge in [-0.15, -0.1) is 0 Å². The predicted molar refractivity (Wildman–Crippen MR) is 104 cm³/mol. The van der Waals surface area contributed by atoms with Crippen molar-refractivity contribution in [3.63, 3.8) is 0 Å². The Hall–Kier alpha value is -3.59. The second-order valence-corrected chi connectivity index (χ2v) is 5.94. The number of aromatic hydroxyl groups is 1. The molecule has 4 rings (SSSR count). The number of fused-ring (bicyclic) bond motifs is 1. The summed E-state index contributed by atoms with van der Waals surface area (Å²) in [5.74, 6) is -0.0668. The SMILES string of the molecule is O=c1oc2ccccc2c(O)c1/C(=C\c1ccccc1)c1ccccc1. The highest BCUT2D eigenvalue weighted by molar-refractivity contribution is 5.97. The molecule has 0 saturated heterocycles. The van der Waals surface area contributed by atoms with Crippen LogP contribution in [0.3, 0.4) is 0 Å². The summed E-state index contributed by atoms with van der Waals surface area (Å²) in [6.45, 7) is 0. The van der Waals surface area contributed by atoms with Crippen molar-refractivity contribution in [1.82, 2.24) is 0 Å². The van der Waals surface area contributed by atoms with Gasteiger partial charge < -0.3 is 9.52 Å². The fourth-order valence-corrected chi connectivity index (χ4v) is 3.00. The van der Waals surface area contributed by atoms with Crippen LogP contribution in [0.5, 0.6) is 5.75 Å². The van der Waals surface area contributed by atoms with Crippen LogP contribution in [0.1, 0.15) is 16.7 Å². The van der Waals surface area contributed by atoms with Crippen LogP contribution in [0.2, 0.25) is 0 Å². The first-order valence-electron chi connectivity index (χ1n) is 8.31. The fraction of sp³-hybridized carbons (Fsp3) is 0. The predicted octanol–water partition coefficient (Wildman–Crippen LogP) is 5.09. The minimum absolute atomic E-state index is 0.0668. The lowest BCUT2D eigenvalue weighted by Crippen LogP contribution is -2.08. The van der Waals surface area contributed by atoms with Gasteiger partial charge in [-0.1, -0.05) is 72.8 Å². The second kappa shape index (κ2) is 6.73. The van der Waals surface area contributed by atoms with E-state index in [9.17, 15) is 9.90 Å². The van der Waals surface area contributed by atoms with E-state index in [1.807, 2.05) is 66.7 Å². The van der Waals surface area contributed by atoms with Crippen molar-refractivity contribution in [2.75, 3.05) is 0 Å². The molecule has 0 radical (unpaired) electrons. The largest absolute Gasteiger partial charge is 0.506 e. The maximum Gasteiger partial charge on any atom is 0.348 e. The second-order valence-electron chi connectivity index (χ2n) is 5.94. The lowest BCUT2D eigenvalue weighted by atomic mass is 9.95. The van der Waals surface area contributed by atoms with Crippen LogP contribution in [0.15, 0.2) is 94.1 Å². The van der Waals surface area contributed by atoms with E-state index in [4.69, 9.17) is 4.42 Å². The maximum absolute atomic E-state index is 12.7. The monoisotopic (exact) mass is 340 g/mol. The zero-order valence-electron chi connectivity index (χ0n) is 13.9. The highest BCUT2D eigenvalue weighted by Gasteiger charge is 2.19. The molecular weight excluding hydrogens is 324 g/mol. The molecule has 3 aromatic carbocycles. The lowest BCUT2D eigenvalue weighted by molar-refractivity contribution is 0.465. The molecule has 3 nitrogen and oxygen atoms in total. The molecular formula is C23H16O3. The van der Waals surface area contributed by atoms with E-state index in [0.717, 1.165) is 11.1 Å². The number of hydrogen-bond acceptors (Lipinski definition) is 3. The van der Waals surface area contributed by atoms with Gasteiger partial charge in [0.15, 0.2) is 0 Å². The third-order valence-electron chi connectivity index (χ3n) is 4.25. The Labute approximate surface area is 150 Å². The Morgan fingerprint density at radius 1 is 0.808 bits per heavy atom. The molecule has 0 saturated carbocycles. The molecule has 4 aromatic rings. The summed E-state index contributed by atoms with van der Waals surface area (Å²) >= 11 is 0. The van der Waals surface area contributed by atoms with Gasteiger partial charge >= 0.3 is 5.63 Å². The van der Waals surface area contributed by atoms with Crippen LogP contribution in [-0.2, 0) is 0 Å². The summed E-state index contributed by atoms with van der Waals surface area (Å²) in [6, 6.07) is 26.2. The van der Waals surface area contributed by atoms with Crippen molar-refractivity contribution in [3.05, 3.63) is 112 Å². The van der Waals surface area contributed by atoms with Crippen LogP contribution in [0.25, 0.3) is 22.6 Å². The summed E-state index contributed by atoms with van der Waals surface area (Å²) in [4.78, 5) is 12.7. The van der Waals surface area contributed by atoms with Crippen molar-refractivity contribution < 1.29 is 9.52 Å². The molecule has 0 aliphatic heterocycles.